The molecule has 0 aromatic heterocycles. The molecular formula is C19H23NO5S. The first-order valence-electron chi connectivity index (χ1n) is 8.47. The van der Waals surface area contributed by atoms with Crippen LogP contribution in [-0.2, 0) is 10.0 Å². The van der Waals surface area contributed by atoms with Crippen molar-refractivity contribution in [2.45, 2.75) is 23.8 Å². The summed E-state index contributed by atoms with van der Waals surface area (Å²) in [5, 5.41) is 29.9. The monoisotopic (exact) mass is 377 g/mol. The highest BCUT2D eigenvalue weighted by atomic mass is 32.2. The number of phenolic OH excluding ortho intramolecular Hbond substituents is 1. The molecular weight excluding hydrogens is 354 g/mol. The van der Waals surface area contributed by atoms with Gasteiger partial charge in [-0.25, -0.2) is 8.42 Å². The molecule has 6 nitrogen and oxygen atoms in total. The molecule has 1 heterocycles. The van der Waals surface area contributed by atoms with Gasteiger partial charge in [-0.05, 0) is 36.8 Å². The van der Waals surface area contributed by atoms with Crippen molar-refractivity contribution in [2.75, 3.05) is 19.7 Å². The van der Waals surface area contributed by atoms with Gasteiger partial charge in [-0.3, -0.25) is 0 Å². The second kappa shape index (κ2) is 7.36. The molecule has 0 saturated carbocycles. The summed E-state index contributed by atoms with van der Waals surface area (Å²) in [6, 6.07) is 13.0. The number of β-amino-alcohol motifs (C(OH)–C–C–N with tert-alkyl or cyclic N) is 1. The smallest absolute Gasteiger partial charge is 0.243 e. The van der Waals surface area contributed by atoms with Crippen LogP contribution < -0.4 is 0 Å². The largest absolute Gasteiger partial charge is 0.508 e. The van der Waals surface area contributed by atoms with Crippen molar-refractivity contribution in [3.63, 3.8) is 0 Å². The minimum atomic E-state index is -3.74. The lowest BCUT2D eigenvalue weighted by molar-refractivity contribution is 0.0299. The molecule has 140 valence electrons. The number of aliphatic hydroxyl groups excluding tert-OH is 2. The highest BCUT2D eigenvalue weighted by Gasteiger charge is 2.41. The van der Waals surface area contributed by atoms with E-state index in [-0.39, 0.29) is 30.3 Å². The van der Waals surface area contributed by atoms with Crippen LogP contribution in [-0.4, -0.2) is 53.8 Å². The van der Waals surface area contributed by atoms with Gasteiger partial charge in [0.25, 0.3) is 0 Å². The molecule has 1 aliphatic rings. The van der Waals surface area contributed by atoms with E-state index in [2.05, 4.69) is 0 Å². The molecule has 0 amide bonds. The van der Waals surface area contributed by atoms with Gasteiger partial charge in [0.05, 0.1) is 11.0 Å². The Kier molecular flexibility index (Phi) is 5.34. The van der Waals surface area contributed by atoms with E-state index in [4.69, 9.17) is 0 Å². The van der Waals surface area contributed by atoms with Crippen LogP contribution in [0, 0.1) is 12.8 Å². The van der Waals surface area contributed by atoms with Gasteiger partial charge in [0.15, 0.2) is 0 Å². The molecule has 2 aromatic rings. The third kappa shape index (κ3) is 3.61. The number of phenols is 1. The number of rotatable bonds is 4. The standard InChI is InChI=1S/C19H23NO5S/c1-13-2-8-17(9-3-13)26(24,25)20-10-15(12-21)19(18(23)11-20)14-4-6-16(22)7-5-14/h2-9,15,18-19,21-23H,10-12H2,1H3/t15-,18-,19-/m0/s1. The Bertz CT molecular complexity index is 849. The van der Waals surface area contributed by atoms with E-state index in [9.17, 15) is 23.7 Å². The van der Waals surface area contributed by atoms with E-state index in [1.54, 1.807) is 36.4 Å². The molecule has 7 heteroatoms. The zero-order valence-corrected chi connectivity index (χ0v) is 15.3. The summed E-state index contributed by atoms with van der Waals surface area (Å²) in [6.07, 6.45) is -0.953. The predicted octanol–water partition coefficient (Wildman–Crippen LogP) is 1.46. The molecule has 0 bridgehead atoms. The maximum atomic E-state index is 12.9. The Morgan fingerprint density at radius 1 is 1.04 bits per heavy atom. The fourth-order valence-corrected chi connectivity index (χ4v) is 5.02. The third-order valence-corrected chi connectivity index (χ3v) is 6.77. The van der Waals surface area contributed by atoms with Crippen LogP contribution in [0.25, 0.3) is 0 Å². The number of sulfonamides is 1. The first-order chi connectivity index (χ1) is 12.3. The number of piperidine rings is 1. The van der Waals surface area contributed by atoms with Crippen LogP contribution in [0.4, 0.5) is 0 Å². The number of aryl methyl sites for hydroxylation is 1. The van der Waals surface area contributed by atoms with E-state index in [1.807, 2.05) is 6.92 Å². The van der Waals surface area contributed by atoms with Gasteiger partial charge in [-0.2, -0.15) is 4.31 Å². The van der Waals surface area contributed by atoms with Crippen LogP contribution in [0.3, 0.4) is 0 Å². The van der Waals surface area contributed by atoms with Gasteiger partial charge >= 0.3 is 0 Å². The molecule has 0 spiro atoms. The Morgan fingerprint density at radius 2 is 1.65 bits per heavy atom. The summed E-state index contributed by atoms with van der Waals surface area (Å²) in [4.78, 5) is 0.176. The molecule has 0 aliphatic carbocycles. The van der Waals surface area contributed by atoms with E-state index in [0.29, 0.717) is 0 Å². The lowest BCUT2D eigenvalue weighted by Gasteiger charge is -2.40. The van der Waals surface area contributed by atoms with Crippen molar-refractivity contribution in [3.05, 3.63) is 59.7 Å². The summed E-state index contributed by atoms with van der Waals surface area (Å²) in [5.41, 5.74) is 1.73. The Morgan fingerprint density at radius 3 is 2.23 bits per heavy atom. The van der Waals surface area contributed by atoms with E-state index >= 15 is 0 Å². The van der Waals surface area contributed by atoms with Crippen LogP contribution >= 0.6 is 0 Å². The quantitative estimate of drug-likeness (QED) is 0.749. The average molecular weight is 377 g/mol. The van der Waals surface area contributed by atoms with Gasteiger partial charge in [0, 0.05) is 31.5 Å². The summed E-state index contributed by atoms with van der Waals surface area (Å²) >= 11 is 0. The number of nitrogens with zero attached hydrogens (tertiary/aromatic N) is 1. The maximum Gasteiger partial charge on any atom is 0.243 e. The molecule has 1 aliphatic heterocycles. The molecule has 3 rings (SSSR count). The molecule has 0 unspecified atom stereocenters. The van der Waals surface area contributed by atoms with E-state index in [0.717, 1.165) is 11.1 Å². The molecule has 3 atom stereocenters. The first-order valence-corrected chi connectivity index (χ1v) is 9.91. The van der Waals surface area contributed by atoms with Crippen molar-refractivity contribution < 1.29 is 23.7 Å². The fraction of sp³-hybridized carbons (Fsp3) is 0.368. The second-order valence-electron chi connectivity index (χ2n) is 6.76. The van der Waals surface area contributed by atoms with Crippen molar-refractivity contribution in [3.8, 4) is 5.75 Å². The Hall–Kier alpha value is -1.93. The lowest BCUT2D eigenvalue weighted by atomic mass is 9.79. The average Bonchev–Trinajstić information content (AvgIpc) is 2.62. The zero-order valence-electron chi connectivity index (χ0n) is 14.5. The SMILES string of the molecule is Cc1ccc(S(=O)(=O)N2C[C@@H](CO)[C@H](c3ccc(O)cc3)[C@@H](O)C2)cc1. The summed E-state index contributed by atoms with van der Waals surface area (Å²) in [6.45, 7) is 1.71. The minimum Gasteiger partial charge on any atom is -0.508 e. The highest BCUT2D eigenvalue weighted by molar-refractivity contribution is 7.89. The van der Waals surface area contributed by atoms with Gasteiger partial charge < -0.3 is 15.3 Å². The highest BCUT2D eigenvalue weighted by Crippen LogP contribution is 2.35. The topological polar surface area (TPSA) is 98.1 Å². The van der Waals surface area contributed by atoms with Crippen molar-refractivity contribution in [2.24, 2.45) is 5.92 Å². The number of aromatic hydroxyl groups is 1. The van der Waals surface area contributed by atoms with Crippen molar-refractivity contribution in [1.29, 1.82) is 0 Å². The molecule has 0 radical (unpaired) electrons. The lowest BCUT2D eigenvalue weighted by Crippen LogP contribution is -2.51. The van der Waals surface area contributed by atoms with Gasteiger partial charge in [-0.15, -0.1) is 0 Å². The minimum absolute atomic E-state index is 0.0434. The summed E-state index contributed by atoms with van der Waals surface area (Å²) < 4.78 is 27.0. The number of benzene rings is 2. The van der Waals surface area contributed by atoms with E-state index in [1.165, 1.54) is 16.4 Å². The Balaban J connectivity index is 1.88. The molecule has 1 fully saturated rings. The predicted molar refractivity (Wildman–Crippen MR) is 97.4 cm³/mol. The van der Waals surface area contributed by atoms with Crippen molar-refractivity contribution >= 4 is 10.0 Å². The zero-order chi connectivity index (χ0) is 18.9. The third-order valence-electron chi connectivity index (χ3n) is 4.92. The van der Waals surface area contributed by atoms with Crippen LogP contribution in [0.2, 0.25) is 0 Å². The van der Waals surface area contributed by atoms with Gasteiger partial charge in [-0.1, -0.05) is 29.8 Å². The van der Waals surface area contributed by atoms with Crippen LogP contribution in [0.1, 0.15) is 17.0 Å². The molecule has 3 N–H and O–H groups in total. The normalized spacial score (nSPS) is 24.5. The molecule has 26 heavy (non-hydrogen) atoms. The number of aliphatic hydroxyl groups is 2. The van der Waals surface area contributed by atoms with Crippen molar-refractivity contribution in [1.82, 2.24) is 4.31 Å². The Labute approximate surface area is 153 Å². The maximum absolute atomic E-state index is 12.9. The van der Waals surface area contributed by atoms with Gasteiger partial charge in [0.2, 0.25) is 10.0 Å². The molecule has 1 saturated heterocycles. The second-order valence-corrected chi connectivity index (χ2v) is 8.70. The number of hydrogen-bond donors (Lipinski definition) is 3. The van der Waals surface area contributed by atoms with Crippen LogP contribution in [0.15, 0.2) is 53.4 Å². The first kappa shape index (κ1) is 18.8. The van der Waals surface area contributed by atoms with Gasteiger partial charge in [0.1, 0.15) is 5.75 Å². The summed E-state index contributed by atoms with van der Waals surface area (Å²) in [7, 11) is -3.74. The van der Waals surface area contributed by atoms with Crippen LogP contribution in [0.5, 0.6) is 5.75 Å². The van der Waals surface area contributed by atoms with E-state index < -0.39 is 28.0 Å². The number of hydrogen-bond acceptors (Lipinski definition) is 5. The summed E-state index contributed by atoms with van der Waals surface area (Å²) in [5.74, 6) is -0.725. The molecule has 2 aromatic carbocycles. The fourth-order valence-electron chi connectivity index (χ4n) is 3.50.